The number of nitrogens with one attached hydrogen (secondary N) is 1. The number of allylic oxidation sites excluding steroid dienone is 2. The molecule has 2 unspecified atom stereocenters. The molecule has 4 nitrogen and oxygen atoms in total. The van der Waals surface area contributed by atoms with Crippen LogP contribution in [0.15, 0.2) is 53.7 Å². The van der Waals surface area contributed by atoms with Crippen LogP contribution in [0.5, 0.6) is 0 Å². The first-order chi connectivity index (χ1) is 10.2. The molecule has 0 saturated carbocycles. The SMILES string of the molecule is CPc1ccccc1/C=N\NC(O)N(C)[C@@H]1C=CC=CC1. The van der Waals surface area contributed by atoms with Crippen LogP contribution < -0.4 is 10.7 Å². The lowest BCUT2D eigenvalue weighted by molar-refractivity contribution is -0.0192. The quantitative estimate of drug-likeness (QED) is 0.363. The molecule has 0 radical (unpaired) electrons. The third-order valence-corrected chi connectivity index (χ3v) is 4.48. The van der Waals surface area contributed by atoms with Crippen LogP contribution in [0.4, 0.5) is 0 Å². The molecular weight excluding hydrogens is 281 g/mol. The molecule has 0 aliphatic heterocycles. The molecule has 0 bridgehead atoms. The normalized spacial score (nSPS) is 19.9. The Morgan fingerprint density at radius 2 is 2.24 bits per heavy atom. The van der Waals surface area contributed by atoms with Crippen molar-refractivity contribution in [2.75, 3.05) is 13.7 Å². The maximum Gasteiger partial charge on any atom is 0.199 e. The van der Waals surface area contributed by atoms with Crippen molar-refractivity contribution in [3.63, 3.8) is 0 Å². The molecule has 5 heteroatoms. The number of aliphatic hydroxyl groups excluding tert-OH is 1. The van der Waals surface area contributed by atoms with Crippen molar-refractivity contribution in [3.05, 3.63) is 54.1 Å². The Kier molecular flexibility index (Phi) is 6.12. The summed E-state index contributed by atoms with van der Waals surface area (Å²) in [4.78, 5) is 1.85. The van der Waals surface area contributed by atoms with E-state index in [1.54, 1.807) is 6.21 Å². The van der Waals surface area contributed by atoms with Gasteiger partial charge in [-0.05, 0) is 25.4 Å². The minimum atomic E-state index is -0.807. The van der Waals surface area contributed by atoms with Gasteiger partial charge >= 0.3 is 0 Å². The highest BCUT2D eigenvalue weighted by molar-refractivity contribution is 7.46. The fraction of sp³-hybridized carbons (Fsp3) is 0.312. The zero-order valence-corrected chi connectivity index (χ0v) is 13.4. The Morgan fingerprint density at radius 1 is 1.43 bits per heavy atom. The fourth-order valence-corrected chi connectivity index (χ4v) is 2.85. The number of likely N-dealkylation sites (N-methyl/N-ethyl adjacent to an activating group) is 1. The molecule has 1 aromatic carbocycles. The van der Waals surface area contributed by atoms with Gasteiger partial charge in [0.15, 0.2) is 6.35 Å². The molecule has 112 valence electrons. The first-order valence-corrected chi connectivity index (χ1v) is 8.51. The van der Waals surface area contributed by atoms with Crippen LogP contribution >= 0.6 is 8.58 Å². The van der Waals surface area contributed by atoms with Crippen LogP contribution in [0.25, 0.3) is 0 Å². The highest BCUT2D eigenvalue weighted by atomic mass is 31.1. The molecule has 3 atom stereocenters. The predicted octanol–water partition coefficient (Wildman–Crippen LogP) is 1.64. The van der Waals surface area contributed by atoms with Crippen LogP contribution in [0.3, 0.4) is 0 Å². The van der Waals surface area contributed by atoms with Gasteiger partial charge in [-0.25, -0.2) is 0 Å². The standard InChI is InChI=1S/C16H22N3OP/c1-19(14-9-4-3-5-10-14)16(20)18-17-12-13-8-6-7-11-15(13)21-2/h3-9,11-12,14,16,18,20-21H,10H2,1-2H3/b17-12-/t14-,16?/m1/s1. The number of rotatable bonds is 6. The van der Waals surface area contributed by atoms with Gasteiger partial charge in [-0.2, -0.15) is 5.10 Å². The van der Waals surface area contributed by atoms with Gasteiger partial charge < -0.3 is 5.11 Å². The molecule has 0 spiro atoms. The van der Waals surface area contributed by atoms with Gasteiger partial charge in [0, 0.05) is 11.6 Å². The molecule has 1 aromatic rings. The minimum absolute atomic E-state index is 0.192. The third kappa shape index (κ3) is 4.50. The largest absolute Gasteiger partial charge is 0.360 e. The van der Waals surface area contributed by atoms with E-state index >= 15 is 0 Å². The molecule has 0 aromatic heterocycles. The van der Waals surface area contributed by atoms with E-state index in [0.29, 0.717) is 0 Å². The smallest absolute Gasteiger partial charge is 0.199 e. The number of hydrogen-bond acceptors (Lipinski definition) is 4. The molecule has 2 rings (SSSR count). The van der Waals surface area contributed by atoms with Gasteiger partial charge in [-0.15, -0.1) is 0 Å². The maximum atomic E-state index is 10.1. The van der Waals surface area contributed by atoms with Crippen molar-refractivity contribution < 1.29 is 5.11 Å². The lowest BCUT2D eigenvalue weighted by Crippen LogP contribution is -2.46. The Balaban J connectivity index is 1.91. The minimum Gasteiger partial charge on any atom is -0.360 e. The van der Waals surface area contributed by atoms with Crippen LogP contribution in [0.1, 0.15) is 12.0 Å². The van der Waals surface area contributed by atoms with E-state index in [-0.39, 0.29) is 6.04 Å². The summed E-state index contributed by atoms with van der Waals surface area (Å²) in [6.45, 7) is 2.14. The van der Waals surface area contributed by atoms with Crippen molar-refractivity contribution in [2.45, 2.75) is 18.8 Å². The summed E-state index contributed by atoms with van der Waals surface area (Å²) < 4.78 is 0. The van der Waals surface area contributed by atoms with E-state index in [0.717, 1.165) is 20.6 Å². The molecule has 0 heterocycles. The summed E-state index contributed by atoms with van der Waals surface area (Å²) in [5, 5.41) is 15.6. The van der Waals surface area contributed by atoms with Gasteiger partial charge in [-0.1, -0.05) is 57.2 Å². The lowest BCUT2D eigenvalue weighted by Gasteiger charge is -2.29. The van der Waals surface area contributed by atoms with Crippen molar-refractivity contribution in [1.82, 2.24) is 10.3 Å². The molecule has 0 amide bonds. The Bertz CT molecular complexity index is 542. The molecule has 1 aliphatic carbocycles. The summed E-state index contributed by atoms with van der Waals surface area (Å²) in [6, 6.07) is 8.34. The van der Waals surface area contributed by atoms with E-state index in [1.807, 2.05) is 42.3 Å². The number of hydrazone groups is 1. The molecule has 0 saturated heterocycles. The Morgan fingerprint density at radius 3 is 2.95 bits per heavy atom. The average Bonchev–Trinajstić information content (AvgIpc) is 2.55. The van der Waals surface area contributed by atoms with E-state index in [1.165, 1.54) is 5.30 Å². The van der Waals surface area contributed by atoms with Crippen molar-refractivity contribution in [3.8, 4) is 0 Å². The second kappa shape index (κ2) is 8.08. The third-order valence-electron chi connectivity index (χ3n) is 3.49. The molecule has 2 N–H and O–H groups in total. The van der Waals surface area contributed by atoms with Crippen LogP contribution in [0, 0.1) is 0 Å². The molecule has 21 heavy (non-hydrogen) atoms. The van der Waals surface area contributed by atoms with Crippen LogP contribution in [0.2, 0.25) is 0 Å². The highest BCUT2D eigenvalue weighted by Crippen LogP contribution is 2.11. The lowest BCUT2D eigenvalue weighted by atomic mass is 10.1. The van der Waals surface area contributed by atoms with E-state index < -0.39 is 6.35 Å². The number of benzene rings is 1. The summed E-state index contributed by atoms with van der Waals surface area (Å²) in [7, 11) is 2.60. The first kappa shape index (κ1) is 15.9. The van der Waals surface area contributed by atoms with E-state index in [4.69, 9.17) is 0 Å². The summed E-state index contributed by atoms with van der Waals surface area (Å²) in [6.07, 6.45) is 10.0. The van der Waals surface area contributed by atoms with Gasteiger partial charge in [0.05, 0.1) is 6.21 Å². The van der Waals surface area contributed by atoms with Crippen molar-refractivity contribution >= 4 is 20.1 Å². The van der Waals surface area contributed by atoms with Gasteiger partial charge in [0.2, 0.25) is 0 Å². The van der Waals surface area contributed by atoms with Crippen LogP contribution in [-0.2, 0) is 0 Å². The Labute approximate surface area is 128 Å². The summed E-state index contributed by atoms with van der Waals surface area (Å²) in [5.74, 6) is 0. The van der Waals surface area contributed by atoms with Gasteiger partial charge in [0.25, 0.3) is 0 Å². The molecule has 1 aliphatic rings. The van der Waals surface area contributed by atoms with Gasteiger partial charge in [-0.3, -0.25) is 10.3 Å². The fourth-order valence-electron chi connectivity index (χ4n) is 2.15. The number of aliphatic hydroxyl groups is 1. The zero-order valence-electron chi connectivity index (χ0n) is 12.4. The first-order valence-electron chi connectivity index (χ1n) is 7.01. The zero-order chi connectivity index (χ0) is 15.1. The topological polar surface area (TPSA) is 47.9 Å². The maximum absolute atomic E-state index is 10.1. The average molecular weight is 303 g/mol. The number of hydrogen-bond donors (Lipinski definition) is 2. The second-order valence-corrected chi connectivity index (χ2v) is 5.92. The van der Waals surface area contributed by atoms with Crippen molar-refractivity contribution in [1.29, 1.82) is 0 Å². The summed E-state index contributed by atoms with van der Waals surface area (Å²) in [5.41, 5.74) is 3.86. The molecule has 0 fully saturated rings. The second-order valence-electron chi connectivity index (χ2n) is 4.88. The monoisotopic (exact) mass is 303 g/mol. The molecular formula is C16H22N3OP. The summed E-state index contributed by atoms with van der Waals surface area (Å²) >= 11 is 0. The van der Waals surface area contributed by atoms with E-state index in [2.05, 4.69) is 35.4 Å². The van der Waals surface area contributed by atoms with Crippen molar-refractivity contribution in [2.24, 2.45) is 5.10 Å². The predicted molar refractivity (Wildman–Crippen MR) is 91.5 cm³/mol. The number of nitrogens with zero attached hydrogens (tertiary/aromatic N) is 2. The highest BCUT2D eigenvalue weighted by Gasteiger charge is 2.18. The van der Waals surface area contributed by atoms with Crippen LogP contribution in [-0.4, -0.2) is 42.3 Å². The van der Waals surface area contributed by atoms with E-state index in [9.17, 15) is 5.11 Å². The van der Waals surface area contributed by atoms with Gasteiger partial charge in [0.1, 0.15) is 0 Å². The Hall–Kier alpha value is -1.48.